The van der Waals surface area contributed by atoms with E-state index in [1.807, 2.05) is 13.8 Å². The zero-order chi connectivity index (χ0) is 11.3. The molecule has 1 rings (SSSR count). The van der Waals surface area contributed by atoms with Crippen molar-refractivity contribution in [3.05, 3.63) is 11.7 Å². The van der Waals surface area contributed by atoms with Crippen LogP contribution in [0.1, 0.15) is 43.8 Å². The fourth-order valence-corrected chi connectivity index (χ4v) is 1.21. The number of alkyl halides is 1. The van der Waals surface area contributed by atoms with Gasteiger partial charge in [0.15, 0.2) is 5.82 Å². The average Bonchev–Trinajstić information content (AvgIpc) is 2.73. The first-order valence-electron chi connectivity index (χ1n) is 5.16. The molecule has 0 fully saturated rings. The molecule has 0 amide bonds. The van der Waals surface area contributed by atoms with Gasteiger partial charge >= 0.3 is 0 Å². The SMILES string of the molecule is CCC(Cl)c1noc(CCC(C)OC)n1. The highest BCUT2D eigenvalue weighted by atomic mass is 35.5. The Morgan fingerprint density at radius 2 is 2.27 bits per heavy atom. The molecule has 86 valence electrons. The highest BCUT2D eigenvalue weighted by molar-refractivity contribution is 6.20. The maximum Gasteiger partial charge on any atom is 0.226 e. The number of aromatic nitrogens is 2. The molecule has 2 atom stereocenters. The van der Waals surface area contributed by atoms with Gasteiger partial charge < -0.3 is 9.26 Å². The van der Waals surface area contributed by atoms with Crippen LogP contribution in [0.5, 0.6) is 0 Å². The summed E-state index contributed by atoms with van der Waals surface area (Å²) in [7, 11) is 1.69. The Hall–Kier alpha value is -0.610. The van der Waals surface area contributed by atoms with Crippen molar-refractivity contribution in [3.63, 3.8) is 0 Å². The van der Waals surface area contributed by atoms with Gasteiger partial charge in [0, 0.05) is 13.5 Å². The van der Waals surface area contributed by atoms with E-state index in [-0.39, 0.29) is 11.5 Å². The summed E-state index contributed by atoms with van der Waals surface area (Å²) in [5.74, 6) is 1.22. The Morgan fingerprint density at radius 3 is 2.87 bits per heavy atom. The summed E-state index contributed by atoms with van der Waals surface area (Å²) < 4.78 is 10.2. The fraction of sp³-hybridized carbons (Fsp3) is 0.800. The van der Waals surface area contributed by atoms with Gasteiger partial charge in [0.05, 0.1) is 11.5 Å². The van der Waals surface area contributed by atoms with Gasteiger partial charge in [-0.2, -0.15) is 4.98 Å². The number of hydrogen-bond donors (Lipinski definition) is 0. The number of nitrogens with zero attached hydrogens (tertiary/aromatic N) is 2. The zero-order valence-electron chi connectivity index (χ0n) is 9.36. The second-order valence-electron chi connectivity index (χ2n) is 3.51. The Balaban J connectivity index is 2.46. The second-order valence-corrected chi connectivity index (χ2v) is 4.03. The van der Waals surface area contributed by atoms with Crippen LogP contribution in [-0.4, -0.2) is 23.4 Å². The van der Waals surface area contributed by atoms with E-state index in [0.717, 1.165) is 19.3 Å². The number of hydrogen-bond acceptors (Lipinski definition) is 4. The molecule has 2 unspecified atom stereocenters. The number of methoxy groups -OCH3 is 1. The molecule has 0 bridgehead atoms. The summed E-state index contributed by atoms with van der Waals surface area (Å²) in [4.78, 5) is 4.22. The van der Waals surface area contributed by atoms with Crippen molar-refractivity contribution in [1.29, 1.82) is 0 Å². The van der Waals surface area contributed by atoms with Crippen LogP contribution in [0, 0.1) is 0 Å². The van der Waals surface area contributed by atoms with Crippen LogP contribution < -0.4 is 0 Å². The second kappa shape index (κ2) is 6.08. The van der Waals surface area contributed by atoms with Gasteiger partial charge in [-0.15, -0.1) is 11.6 Å². The normalized spacial score (nSPS) is 15.2. The van der Waals surface area contributed by atoms with Crippen molar-refractivity contribution < 1.29 is 9.26 Å². The van der Waals surface area contributed by atoms with Crippen LogP contribution in [0.4, 0.5) is 0 Å². The van der Waals surface area contributed by atoms with E-state index >= 15 is 0 Å². The third kappa shape index (κ3) is 3.80. The molecule has 0 aliphatic rings. The predicted octanol–water partition coefficient (Wildman–Crippen LogP) is 2.73. The molecule has 0 aliphatic carbocycles. The smallest absolute Gasteiger partial charge is 0.226 e. The minimum absolute atomic E-state index is 0.151. The third-order valence-electron chi connectivity index (χ3n) is 2.29. The Morgan fingerprint density at radius 1 is 1.53 bits per heavy atom. The van der Waals surface area contributed by atoms with E-state index in [1.165, 1.54) is 0 Å². The van der Waals surface area contributed by atoms with Gasteiger partial charge in [-0.25, -0.2) is 0 Å². The first-order valence-corrected chi connectivity index (χ1v) is 5.60. The first-order chi connectivity index (χ1) is 7.17. The molecular formula is C10H17ClN2O2. The summed E-state index contributed by atoms with van der Waals surface area (Å²) >= 11 is 5.98. The molecule has 1 aromatic heterocycles. The van der Waals surface area contributed by atoms with Gasteiger partial charge in [0.25, 0.3) is 0 Å². The van der Waals surface area contributed by atoms with Crippen LogP contribution in [0.25, 0.3) is 0 Å². The summed E-state index contributed by atoms with van der Waals surface area (Å²) in [5, 5.41) is 3.68. The molecule has 0 radical (unpaired) electrons. The Kier molecular flexibility index (Phi) is 5.05. The van der Waals surface area contributed by atoms with Crippen molar-refractivity contribution in [3.8, 4) is 0 Å². The molecule has 0 aromatic carbocycles. The molecule has 0 saturated carbocycles. The van der Waals surface area contributed by atoms with Gasteiger partial charge in [-0.1, -0.05) is 12.1 Å². The summed E-state index contributed by atoms with van der Waals surface area (Å²) in [6, 6.07) is 0. The lowest BCUT2D eigenvalue weighted by molar-refractivity contribution is 0.109. The maximum absolute atomic E-state index is 5.98. The minimum Gasteiger partial charge on any atom is -0.382 e. The first kappa shape index (κ1) is 12.5. The molecule has 5 heteroatoms. The standard InChI is InChI=1S/C10H17ClN2O2/c1-4-8(11)10-12-9(15-13-10)6-5-7(2)14-3/h7-8H,4-6H2,1-3H3. The number of ether oxygens (including phenoxy) is 1. The largest absolute Gasteiger partial charge is 0.382 e. The molecule has 1 aromatic rings. The van der Waals surface area contributed by atoms with Crippen LogP contribution in [-0.2, 0) is 11.2 Å². The summed E-state index contributed by atoms with van der Waals surface area (Å²) in [5.41, 5.74) is 0. The molecule has 4 nitrogen and oxygen atoms in total. The lowest BCUT2D eigenvalue weighted by Crippen LogP contribution is -2.06. The van der Waals surface area contributed by atoms with Gasteiger partial charge in [0.1, 0.15) is 0 Å². The van der Waals surface area contributed by atoms with Gasteiger partial charge in [0.2, 0.25) is 5.89 Å². The summed E-state index contributed by atoms with van der Waals surface area (Å²) in [6.07, 6.45) is 2.61. The lowest BCUT2D eigenvalue weighted by atomic mass is 10.2. The van der Waals surface area contributed by atoms with Crippen molar-refractivity contribution in [2.45, 2.75) is 44.6 Å². The molecule has 0 spiro atoms. The number of halogens is 1. The quantitative estimate of drug-likeness (QED) is 0.708. The van der Waals surface area contributed by atoms with Crippen LogP contribution in [0.15, 0.2) is 4.52 Å². The molecular weight excluding hydrogens is 216 g/mol. The van der Waals surface area contributed by atoms with E-state index in [1.54, 1.807) is 7.11 Å². The van der Waals surface area contributed by atoms with E-state index < -0.39 is 0 Å². The topological polar surface area (TPSA) is 48.2 Å². The third-order valence-corrected chi connectivity index (χ3v) is 2.79. The molecule has 0 saturated heterocycles. The monoisotopic (exact) mass is 232 g/mol. The molecule has 1 heterocycles. The predicted molar refractivity (Wildman–Crippen MR) is 58.0 cm³/mol. The minimum atomic E-state index is -0.151. The highest BCUT2D eigenvalue weighted by Crippen LogP contribution is 2.20. The van der Waals surface area contributed by atoms with Gasteiger partial charge in [-0.05, 0) is 19.8 Å². The van der Waals surface area contributed by atoms with E-state index in [4.69, 9.17) is 20.9 Å². The zero-order valence-corrected chi connectivity index (χ0v) is 10.1. The van der Waals surface area contributed by atoms with Crippen LogP contribution in [0.3, 0.4) is 0 Å². The van der Waals surface area contributed by atoms with Gasteiger partial charge in [-0.3, -0.25) is 0 Å². The fourth-order valence-electron chi connectivity index (χ4n) is 1.12. The maximum atomic E-state index is 5.98. The van der Waals surface area contributed by atoms with Crippen molar-refractivity contribution in [2.24, 2.45) is 0 Å². The van der Waals surface area contributed by atoms with E-state index in [2.05, 4.69) is 10.1 Å². The number of rotatable bonds is 6. The van der Waals surface area contributed by atoms with E-state index in [9.17, 15) is 0 Å². The highest BCUT2D eigenvalue weighted by Gasteiger charge is 2.14. The number of aryl methyl sites for hydroxylation is 1. The van der Waals surface area contributed by atoms with Crippen LogP contribution >= 0.6 is 11.6 Å². The lowest BCUT2D eigenvalue weighted by Gasteiger charge is -2.05. The van der Waals surface area contributed by atoms with E-state index in [0.29, 0.717) is 11.7 Å². The van der Waals surface area contributed by atoms with Crippen molar-refractivity contribution in [1.82, 2.24) is 10.1 Å². The van der Waals surface area contributed by atoms with Crippen LogP contribution in [0.2, 0.25) is 0 Å². The molecule has 15 heavy (non-hydrogen) atoms. The molecule has 0 N–H and O–H groups in total. The average molecular weight is 233 g/mol. The van der Waals surface area contributed by atoms with Crippen molar-refractivity contribution >= 4 is 11.6 Å². The molecule has 0 aliphatic heterocycles. The summed E-state index contributed by atoms with van der Waals surface area (Å²) in [6.45, 7) is 3.99. The van der Waals surface area contributed by atoms with Crippen molar-refractivity contribution in [2.75, 3.05) is 7.11 Å². The Labute approximate surface area is 95.0 Å². The Bertz CT molecular complexity index is 291.